The number of hydrogen-bond acceptors (Lipinski definition) is 7. The van der Waals surface area contributed by atoms with Gasteiger partial charge in [-0.2, -0.15) is 4.40 Å². The lowest BCUT2D eigenvalue weighted by atomic mass is 9.99. The smallest absolute Gasteiger partial charge is 0.407 e. The summed E-state index contributed by atoms with van der Waals surface area (Å²) in [6, 6.07) is 19.3. The lowest BCUT2D eigenvalue weighted by Gasteiger charge is -2.19. The Morgan fingerprint density at radius 3 is 2.43 bits per heavy atom. The fourth-order valence-electron chi connectivity index (χ4n) is 4.68. The van der Waals surface area contributed by atoms with Crippen LogP contribution in [0.5, 0.6) is 5.75 Å². The van der Waals surface area contributed by atoms with Crippen LogP contribution in [0.25, 0.3) is 22.1 Å². The number of nitrogens with one attached hydrogen (secondary N) is 1. The van der Waals surface area contributed by atoms with Crippen LogP contribution in [0.4, 0.5) is 4.79 Å². The first kappa shape index (κ1) is 35.4. The second-order valence-corrected chi connectivity index (χ2v) is 15.1. The molecule has 4 aromatic rings. The average molecular weight is 661 g/mol. The van der Waals surface area contributed by atoms with Crippen molar-refractivity contribution in [2.24, 2.45) is 4.40 Å². The molecule has 9 nitrogen and oxygen atoms in total. The fourth-order valence-corrected chi connectivity index (χ4v) is 5.31. The van der Waals surface area contributed by atoms with Gasteiger partial charge in [0.05, 0.1) is 29.7 Å². The molecule has 0 bridgehead atoms. The highest BCUT2D eigenvalue weighted by molar-refractivity contribution is 7.85. The number of furan rings is 1. The second-order valence-electron chi connectivity index (χ2n) is 13.2. The minimum absolute atomic E-state index is 0.0453. The van der Waals surface area contributed by atoms with Crippen molar-refractivity contribution in [2.45, 2.75) is 85.3 Å². The van der Waals surface area contributed by atoms with Crippen LogP contribution in [0, 0.1) is 0 Å². The van der Waals surface area contributed by atoms with Crippen LogP contribution < -0.4 is 10.1 Å². The number of benzene rings is 3. The highest BCUT2D eigenvalue weighted by atomic mass is 32.2. The van der Waals surface area contributed by atoms with Crippen molar-refractivity contribution < 1.29 is 32.4 Å². The van der Waals surface area contributed by atoms with E-state index in [-0.39, 0.29) is 25.6 Å². The molecule has 0 fully saturated rings. The number of rotatable bonds is 11. The van der Waals surface area contributed by atoms with Crippen molar-refractivity contribution in [1.82, 2.24) is 5.32 Å². The molecule has 4 rings (SSSR count). The molecule has 0 aliphatic rings. The van der Waals surface area contributed by atoms with Gasteiger partial charge >= 0.3 is 12.1 Å². The Kier molecular flexibility index (Phi) is 11.3. The predicted molar refractivity (Wildman–Crippen MR) is 186 cm³/mol. The van der Waals surface area contributed by atoms with E-state index in [1.54, 1.807) is 13.2 Å². The normalized spacial score (nSPS) is 12.9. The molecule has 250 valence electrons. The molecular formula is C37H44N2O7S. The van der Waals surface area contributed by atoms with Crippen LogP contribution in [0.15, 0.2) is 75.7 Å². The summed E-state index contributed by atoms with van der Waals surface area (Å²) in [6.45, 7) is 15.5. The fraction of sp³-hybridized carbons (Fsp3) is 0.378. The minimum Gasteiger partial charge on any atom is -0.489 e. The van der Waals surface area contributed by atoms with Crippen LogP contribution in [0.1, 0.15) is 77.6 Å². The number of esters is 1. The molecule has 1 aromatic heterocycles. The van der Waals surface area contributed by atoms with E-state index in [1.807, 2.05) is 109 Å². The summed E-state index contributed by atoms with van der Waals surface area (Å²) in [5.74, 6) is 0.156. The van der Waals surface area contributed by atoms with Gasteiger partial charge in [0.1, 0.15) is 34.5 Å². The highest BCUT2D eigenvalue weighted by Crippen LogP contribution is 2.33. The van der Waals surface area contributed by atoms with E-state index in [4.69, 9.17) is 18.6 Å². The van der Waals surface area contributed by atoms with Crippen LogP contribution in [-0.4, -0.2) is 38.9 Å². The van der Waals surface area contributed by atoms with Crippen molar-refractivity contribution >= 4 is 39.7 Å². The highest BCUT2D eigenvalue weighted by Gasteiger charge is 2.20. The number of fused-ring (bicyclic) bond motifs is 1. The summed E-state index contributed by atoms with van der Waals surface area (Å²) in [6.07, 6.45) is 1.21. The van der Waals surface area contributed by atoms with E-state index < -0.39 is 27.4 Å². The van der Waals surface area contributed by atoms with Gasteiger partial charge in [0.25, 0.3) is 0 Å². The molecular weight excluding hydrogens is 616 g/mol. The Hall–Kier alpha value is -4.44. The lowest BCUT2D eigenvalue weighted by molar-refractivity contribution is -0.142. The van der Waals surface area contributed by atoms with Crippen molar-refractivity contribution in [3.63, 3.8) is 0 Å². The zero-order valence-corrected chi connectivity index (χ0v) is 29.2. The van der Waals surface area contributed by atoms with Crippen LogP contribution in [0.2, 0.25) is 0 Å². The SMILES string of the molecule is CCOC(=O)Cc1ccc(/C(C)=N\[S@@](=O)C(C)(C)C)cc1OCc1cc(-c2cccc(CNC(=O)OC(C)(C)C)c2)c2occc2c1. The van der Waals surface area contributed by atoms with Crippen molar-refractivity contribution in [1.29, 1.82) is 0 Å². The first-order valence-electron chi connectivity index (χ1n) is 15.6. The first-order valence-corrected chi connectivity index (χ1v) is 16.7. The van der Waals surface area contributed by atoms with Gasteiger partial charge in [-0.05, 0) is 102 Å². The number of carbonyl (C=O) groups is 2. The van der Waals surface area contributed by atoms with Crippen LogP contribution in [0.3, 0.4) is 0 Å². The molecule has 0 spiro atoms. The Bertz CT molecular complexity index is 1790. The monoisotopic (exact) mass is 660 g/mol. The third-order valence-electron chi connectivity index (χ3n) is 6.95. The van der Waals surface area contributed by atoms with Gasteiger partial charge in [0.15, 0.2) is 0 Å². The van der Waals surface area contributed by atoms with E-state index in [0.29, 0.717) is 23.6 Å². The van der Waals surface area contributed by atoms with Gasteiger partial charge in [-0.1, -0.05) is 30.3 Å². The molecule has 1 N–H and O–H groups in total. The zero-order chi connectivity index (χ0) is 34.4. The second kappa shape index (κ2) is 15.0. The largest absolute Gasteiger partial charge is 0.489 e. The molecule has 0 aliphatic heterocycles. The molecule has 10 heteroatoms. The molecule has 3 aromatic carbocycles. The molecule has 0 saturated heterocycles. The molecule has 0 unspecified atom stereocenters. The summed E-state index contributed by atoms with van der Waals surface area (Å²) < 4.78 is 39.4. The Balaban J connectivity index is 1.62. The maximum absolute atomic E-state index is 12.7. The van der Waals surface area contributed by atoms with Crippen LogP contribution in [-0.2, 0) is 44.8 Å². The standard InChI is InChI=1S/C37H44N2O7S/c1-9-43-33(40)21-29-14-13-27(24(2)39-47(42)37(6,7)8)20-32(29)45-23-26-18-30-15-16-44-34(30)31(19-26)28-12-10-11-25(17-28)22-38-35(41)46-36(3,4)5/h10-20H,9,21-23H2,1-8H3,(H,38,41)/b39-24-/t47-/m0/s1. The lowest BCUT2D eigenvalue weighted by Crippen LogP contribution is -2.32. The van der Waals surface area contributed by atoms with Gasteiger partial charge < -0.3 is 23.9 Å². The van der Waals surface area contributed by atoms with Gasteiger partial charge in [-0.3, -0.25) is 4.79 Å². The number of carbonyl (C=O) groups excluding carboxylic acids is 2. The maximum atomic E-state index is 12.7. The zero-order valence-electron chi connectivity index (χ0n) is 28.4. The van der Waals surface area contributed by atoms with Gasteiger partial charge in [0.2, 0.25) is 0 Å². The quantitative estimate of drug-likeness (QED) is 0.128. The van der Waals surface area contributed by atoms with Gasteiger partial charge in [-0.15, -0.1) is 0 Å². The first-order chi connectivity index (χ1) is 22.1. The van der Waals surface area contributed by atoms with E-state index in [0.717, 1.165) is 38.8 Å². The van der Waals surface area contributed by atoms with E-state index >= 15 is 0 Å². The third-order valence-corrected chi connectivity index (χ3v) is 8.44. The molecule has 0 aliphatic carbocycles. The maximum Gasteiger partial charge on any atom is 0.407 e. The van der Waals surface area contributed by atoms with Crippen LogP contribution >= 0.6 is 0 Å². The van der Waals surface area contributed by atoms with E-state index in [9.17, 15) is 13.8 Å². The predicted octanol–water partition coefficient (Wildman–Crippen LogP) is 8.08. The summed E-state index contributed by atoms with van der Waals surface area (Å²) in [4.78, 5) is 24.6. The topological polar surface area (TPSA) is 116 Å². The molecule has 0 radical (unpaired) electrons. The third kappa shape index (κ3) is 10.0. The summed E-state index contributed by atoms with van der Waals surface area (Å²) in [7, 11) is -1.43. The minimum atomic E-state index is -1.43. The number of amides is 1. The Labute approximate surface area is 279 Å². The van der Waals surface area contributed by atoms with Gasteiger partial charge in [-0.25, -0.2) is 9.00 Å². The molecule has 1 heterocycles. The molecule has 47 heavy (non-hydrogen) atoms. The van der Waals surface area contributed by atoms with Crippen molar-refractivity contribution in [3.05, 3.63) is 89.2 Å². The summed E-state index contributed by atoms with van der Waals surface area (Å²) in [5.41, 5.74) is 5.75. The van der Waals surface area contributed by atoms with Crippen molar-refractivity contribution in [3.8, 4) is 16.9 Å². The summed E-state index contributed by atoms with van der Waals surface area (Å²) >= 11 is 0. The number of alkyl carbamates (subject to hydrolysis) is 1. The molecule has 1 amide bonds. The number of hydrogen-bond donors (Lipinski definition) is 1. The van der Waals surface area contributed by atoms with Crippen molar-refractivity contribution in [2.75, 3.05) is 6.61 Å². The number of nitrogens with zero attached hydrogens (tertiary/aromatic N) is 1. The average Bonchev–Trinajstić information content (AvgIpc) is 3.47. The Morgan fingerprint density at radius 2 is 1.72 bits per heavy atom. The van der Waals surface area contributed by atoms with E-state index in [1.165, 1.54) is 0 Å². The Morgan fingerprint density at radius 1 is 0.957 bits per heavy atom. The molecule has 1 atom stereocenters. The molecule has 0 saturated carbocycles. The van der Waals surface area contributed by atoms with Gasteiger partial charge in [0, 0.05) is 28.6 Å². The number of ether oxygens (including phenoxy) is 3. The summed E-state index contributed by atoms with van der Waals surface area (Å²) in [5, 5.41) is 3.72. The van der Waals surface area contributed by atoms with E-state index in [2.05, 4.69) is 9.71 Å².